The molecule has 0 saturated heterocycles. The van der Waals surface area contributed by atoms with Crippen LogP contribution >= 0.6 is 34.8 Å². The molecule has 7 heteroatoms. The van der Waals surface area contributed by atoms with Crippen LogP contribution in [0.15, 0.2) is 12.1 Å². The fourth-order valence-corrected chi connectivity index (χ4v) is 1.68. The van der Waals surface area contributed by atoms with Crippen LogP contribution in [0.2, 0.25) is 15.1 Å². The predicted octanol–water partition coefficient (Wildman–Crippen LogP) is 3.35. The number of nitrogens with one attached hydrogen (secondary N) is 1. The van der Waals surface area contributed by atoms with E-state index < -0.39 is 6.03 Å². The van der Waals surface area contributed by atoms with E-state index in [1.54, 1.807) is 0 Å². The minimum atomic E-state index is -0.470. The summed E-state index contributed by atoms with van der Waals surface area (Å²) in [6.45, 7) is 0. The summed E-state index contributed by atoms with van der Waals surface area (Å²) in [5, 5.41) is 4.24. The zero-order valence-corrected chi connectivity index (χ0v) is 10.8. The lowest BCUT2D eigenvalue weighted by atomic mass is 10.3. The Hall–Kier alpha value is -0.680. The molecule has 16 heavy (non-hydrogen) atoms. The van der Waals surface area contributed by atoms with Gasteiger partial charge in [-0.15, -0.1) is 0 Å². The van der Waals surface area contributed by atoms with Crippen LogP contribution in [0.1, 0.15) is 0 Å². The van der Waals surface area contributed by atoms with Crippen molar-refractivity contribution in [3.63, 3.8) is 0 Å². The number of hydrogen-bond acceptors (Lipinski definition) is 2. The second-order valence-corrected chi connectivity index (χ2v) is 3.97. The zero-order valence-electron chi connectivity index (χ0n) is 8.55. The van der Waals surface area contributed by atoms with E-state index >= 15 is 0 Å². The Labute approximate surface area is 108 Å². The molecule has 1 aromatic carbocycles. The minimum absolute atomic E-state index is 0.264. The summed E-state index contributed by atoms with van der Waals surface area (Å²) in [5.41, 5.74) is 0.318. The Morgan fingerprint density at radius 1 is 1.25 bits per heavy atom. The molecule has 0 fully saturated rings. The van der Waals surface area contributed by atoms with Gasteiger partial charge in [0.25, 0.3) is 0 Å². The molecule has 0 aliphatic rings. The van der Waals surface area contributed by atoms with Crippen LogP contribution in [0.3, 0.4) is 0 Å². The van der Waals surface area contributed by atoms with Crippen molar-refractivity contribution in [3.8, 4) is 0 Å². The molecule has 1 rings (SSSR count). The van der Waals surface area contributed by atoms with Gasteiger partial charge in [-0.2, -0.15) is 5.06 Å². The monoisotopic (exact) mass is 282 g/mol. The zero-order chi connectivity index (χ0) is 12.3. The molecule has 0 radical (unpaired) electrons. The lowest BCUT2D eigenvalue weighted by Crippen LogP contribution is -2.37. The first kappa shape index (κ1) is 13.4. The maximum atomic E-state index is 11.4. The Morgan fingerprint density at radius 2 is 1.81 bits per heavy atom. The van der Waals surface area contributed by atoms with Gasteiger partial charge in [0, 0.05) is 7.05 Å². The number of hydrogen-bond donors (Lipinski definition) is 1. The fraction of sp³-hybridized carbons (Fsp3) is 0.222. The summed E-state index contributed by atoms with van der Waals surface area (Å²) >= 11 is 17.5. The summed E-state index contributed by atoms with van der Waals surface area (Å²) in [5.74, 6) is 0. The molecule has 1 N–H and O–H groups in total. The second kappa shape index (κ2) is 5.59. The van der Waals surface area contributed by atoms with Gasteiger partial charge in [0.15, 0.2) is 0 Å². The van der Waals surface area contributed by atoms with E-state index in [-0.39, 0.29) is 10.0 Å². The van der Waals surface area contributed by atoms with E-state index in [2.05, 4.69) is 5.32 Å². The molecule has 0 bridgehead atoms. The van der Waals surface area contributed by atoms with E-state index in [4.69, 9.17) is 39.6 Å². The average molecular weight is 284 g/mol. The smallest absolute Gasteiger partial charge is 0.339 e. The van der Waals surface area contributed by atoms with Gasteiger partial charge in [0.2, 0.25) is 0 Å². The highest BCUT2D eigenvalue weighted by atomic mass is 35.5. The van der Waals surface area contributed by atoms with Crippen molar-refractivity contribution in [3.05, 3.63) is 27.2 Å². The summed E-state index contributed by atoms with van der Waals surface area (Å²) in [6, 6.07) is 2.42. The third-order valence-electron chi connectivity index (χ3n) is 1.79. The maximum absolute atomic E-state index is 11.4. The molecule has 0 unspecified atom stereocenters. The summed E-state index contributed by atoms with van der Waals surface area (Å²) < 4.78 is 0. The first-order chi connectivity index (χ1) is 7.51. The topological polar surface area (TPSA) is 41.6 Å². The van der Waals surface area contributed by atoms with Crippen LogP contribution in [-0.4, -0.2) is 20.2 Å². The average Bonchev–Trinajstić information content (AvgIpc) is 2.26. The van der Waals surface area contributed by atoms with Crippen LogP contribution in [-0.2, 0) is 4.84 Å². The van der Waals surface area contributed by atoms with Crippen molar-refractivity contribution in [1.29, 1.82) is 0 Å². The molecule has 0 aromatic heterocycles. The number of urea groups is 1. The Balaban J connectivity index is 3.20. The number of benzene rings is 1. The lowest BCUT2D eigenvalue weighted by Gasteiger charge is -2.20. The molecule has 0 atom stereocenters. The van der Waals surface area contributed by atoms with Crippen LogP contribution in [0.25, 0.3) is 0 Å². The van der Waals surface area contributed by atoms with E-state index in [0.717, 1.165) is 5.06 Å². The number of carbonyl (C=O) groups excluding carboxylic acids is 1. The summed E-state index contributed by atoms with van der Waals surface area (Å²) in [6.07, 6.45) is 0. The predicted molar refractivity (Wildman–Crippen MR) is 65.4 cm³/mol. The quantitative estimate of drug-likeness (QED) is 0.668. The van der Waals surface area contributed by atoms with Crippen molar-refractivity contribution in [1.82, 2.24) is 5.32 Å². The molecule has 1 aromatic rings. The third-order valence-corrected chi connectivity index (χ3v) is 2.81. The molecule has 4 nitrogen and oxygen atoms in total. The van der Waals surface area contributed by atoms with Gasteiger partial charge in [0.1, 0.15) is 0 Å². The van der Waals surface area contributed by atoms with Crippen molar-refractivity contribution in [2.24, 2.45) is 0 Å². The van der Waals surface area contributed by atoms with Gasteiger partial charge < -0.3 is 5.32 Å². The maximum Gasteiger partial charge on any atom is 0.345 e. The van der Waals surface area contributed by atoms with Crippen LogP contribution in [0.4, 0.5) is 10.5 Å². The van der Waals surface area contributed by atoms with E-state index in [1.807, 2.05) is 0 Å². The van der Waals surface area contributed by atoms with Crippen molar-refractivity contribution in [2.45, 2.75) is 0 Å². The Kier molecular flexibility index (Phi) is 4.68. The SMILES string of the molecule is CNC(=O)N(OC)c1cc(Cl)c(Cl)cc1Cl. The van der Waals surface area contributed by atoms with Crippen molar-refractivity contribution < 1.29 is 9.63 Å². The Bertz CT molecular complexity index is 412. The normalized spacial score (nSPS) is 10.1. The number of hydroxylamine groups is 1. The van der Waals surface area contributed by atoms with E-state index in [9.17, 15) is 4.79 Å². The second-order valence-electron chi connectivity index (χ2n) is 2.75. The first-order valence-corrected chi connectivity index (χ1v) is 5.35. The van der Waals surface area contributed by atoms with Crippen molar-refractivity contribution >= 4 is 46.5 Å². The highest BCUT2D eigenvalue weighted by Gasteiger charge is 2.18. The highest BCUT2D eigenvalue weighted by Crippen LogP contribution is 2.34. The number of carbonyl (C=O) groups is 1. The molecule has 0 aliphatic carbocycles. The number of halogens is 3. The van der Waals surface area contributed by atoms with Gasteiger partial charge in [-0.05, 0) is 12.1 Å². The third kappa shape index (κ3) is 2.71. The van der Waals surface area contributed by atoms with Gasteiger partial charge in [0.05, 0.1) is 27.9 Å². The molecule has 88 valence electrons. The summed E-state index contributed by atoms with van der Waals surface area (Å²) in [4.78, 5) is 16.3. The molecule has 0 heterocycles. The lowest BCUT2D eigenvalue weighted by molar-refractivity contribution is 0.164. The number of rotatable bonds is 2. The van der Waals surface area contributed by atoms with Gasteiger partial charge in [-0.25, -0.2) is 4.79 Å². The Morgan fingerprint density at radius 3 is 2.31 bits per heavy atom. The molecule has 0 aliphatic heterocycles. The standard InChI is InChI=1S/C9H9Cl3N2O2/c1-13-9(15)14(16-2)8-4-6(11)5(10)3-7(8)12/h3-4H,1-2H3,(H,13,15). The first-order valence-electron chi connectivity index (χ1n) is 4.21. The summed E-state index contributed by atoms with van der Waals surface area (Å²) in [7, 11) is 2.81. The molecule has 0 saturated carbocycles. The van der Waals surface area contributed by atoms with Gasteiger partial charge >= 0.3 is 6.03 Å². The number of amides is 2. The molecule has 0 spiro atoms. The number of nitrogens with zero attached hydrogens (tertiary/aromatic N) is 1. The van der Waals surface area contributed by atoms with Crippen LogP contribution in [0, 0.1) is 0 Å². The highest BCUT2D eigenvalue weighted by molar-refractivity contribution is 6.44. The molecular weight excluding hydrogens is 274 g/mol. The fourth-order valence-electron chi connectivity index (χ4n) is 1.06. The molecule has 2 amide bonds. The largest absolute Gasteiger partial charge is 0.345 e. The van der Waals surface area contributed by atoms with Gasteiger partial charge in [-0.3, -0.25) is 4.84 Å². The van der Waals surface area contributed by atoms with Crippen LogP contribution < -0.4 is 10.4 Å². The number of anilines is 1. The molecular formula is C9H9Cl3N2O2. The van der Waals surface area contributed by atoms with E-state index in [0.29, 0.717) is 10.7 Å². The minimum Gasteiger partial charge on any atom is -0.339 e. The van der Waals surface area contributed by atoms with Crippen molar-refractivity contribution in [2.75, 3.05) is 19.2 Å². The van der Waals surface area contributed by atoms with Crippen LogP contribution in [0.5, 0.6) is 0 Å². The van der Waals surface area contributed by atoms with E-state index in [1.165, 1.54) is 26.3 Å². The van der Waals surface area contributed by atoms with Gasteiger partial charge in [-0.1, -0.05) is 34.8 Å².